The Labute approximate surface area is 165 Å². The molecule has 1 aliphatic heterocycles. The van der Waals surface area contributed by atoms with Crippen LogP contribution < -0.4 is 15.4 Å². The Morgan fingerprint density at radius 3 is 2.63 bits per heavy atom. The lowest BCUT2D eigenvalue weighted by Gasteiger charge is -2.34. The maximum absolute atomic E-state index is 5.51. The van der Waals surface area contributed by atoms with Crippen molar-refractivity contribution in [2.45, 2.75) is 12.6 Å². The van der Waals surface area contributed by atoms with E-state index in [0.717, 1.165) is 44.6 Å². The molecule has 0 bridgehead atoms. The van der Waals surface area contributed by atoms with E-state index >= 15 is 0 Å². The minimum absolute atomic E-state index is 0.327. The lowest BCUT2D eigenvalue weighted by atomic mass is 10.2. The first kappa shape index (κ1) is 19.7. The Morgan fingerprint density at radius 1 is 1.22 bits per heavy atom. The number of methoxy groups -OCH3 is 1. The van der Waals surface area contributed by atoms with E-state index in [1.54, 1.807) is 25.5 Å². The van der Waals surface area contributed by atoms with Crippen LogP contribution >= 0.6 is 11.3 Å². The second kappa shape index (κ2) is 10.3. The maximum Gasteiger partial charge on any atom is 0.191 e. The fraction of sp³-hybridized carbons (Fsp3) is 0.450. The van der Waals surface area contributed by atoms with Crippen LogP contribution in [0.5, 0.6) is 5.75 Å². The highest BCUT2D eigenvalue weighted by Gasteiger charge is 2.23. The van der Waals surface area contributed by atoms with E-state index in [1.807, 2.05) is 12.1 Å². The normalized spacial score (nSPS) is 16.7. The van der Waals surface area contributed by atoms with E-state index in [4.69, 9.17) is 9.47 Å². The molecule has 1 aliphatic rings. The van der Waals surface area contributed by atoms with Gasteiger partial charge in [-0.05, 0) is 29.1 Å². The average Bonchev–Trinajstić information content (AvgIpc) is 3.26. The minimum Gasteiger partial charge on any atom is -0.497 e. The zero-order valence-corrected chi connectivity index (χ0v) is 16.8. The fourth-order valence-electron chi connectivity index (χ4n) is 3.12. The van der Waals surface area contributed by atoms with Gasteiger partial charge in [0.25, 0.3) is 0 Å². The van der Waals surface area contributed by atoms with E-state index < -0.39 is 0 Å². The van der Waals surface area contributed by atoms with E-state index in [0.29, 0.717) is 12.6 Å². The highest BCUT2D eigenvalue weighted by Crippen LogP contribution is 2.25. The molecule has 1 atom stereocenters. The largest absolute Gasteiger partial charge is 0.497 e. The third-order valence-electron chi connectivity index (χ3n) is 4.66. The number of nitrogens with one attached hydrogen (secondary N) is 2. The number of morpholine rings is 1. The van der Waals surface area contributed by atoms with E-state index in [9.17, 15) is 0 Å². The van der Waals surface area contributed by atoms with Gasteiger partial charge in [0.2, 0.25) is 0 Å². The van der Waals surface area contributed by atoms with Gasteiger partial charge in [-0.1, -0.05) is 18.2 Å². The Balaban J connectivity index is 1.55. The van der Waals surface area contributed by atoms with Crippen LogP contribution in [0.25, 0.3) is 0 Å². The molecule has 0 radical (unpaired) electrons. The van der Waals surface area contributed by atoms with E-state index in [-0.39, 0.29) is 0 Å². The molecule has 0 amide bonds. The molecule has 1 unspecified atom stereocenters. The zero-order chi connectivity index (χ0) is 18.9. The van der Waals surface area contributed by atoms with Crippen LogP contribution in [-0.2, 0) is 11.3 Å². The minimum atomic E-state index is 0.327. The molecule has 1 aromatic heterocycles. The molecule has 0 spiro atoms. The summed E-state index contributed by atoms with van der Waals surface area (Å²) in [5.41, 5.74) is 1.18. The smallest absolute Gasteiger partial charge is 0.191 e. The number of guanidine groups is 1. The van der Waals surface area contributed by atoms with Gasteiger partial charge in [0, 0.05) is 38.1 Å². The number of ether oxygens (including phenoxy) is 2. The summed E-state index contributed by atoms with van der Waals surface area (Å²) in [4.78, 5) is 8.22. The standard InChI is InChI=1S/C20H28N4O2S/c1-21-20(22-14-16-5-7-17(25-2)8-6-16)23-15-18(19-4-3-13-27-19)24-9-11-26-12-10-24/h3-8,13,18H,9-12,14-15H2,1-2H3,(H2,21,22,23). The monoisotopic (exact) mass is 388 g/mol. The third-order valence-corrected chi connectivity index (χ3v) is 5.64. The molecule has 0 aliphatic carbocycles. The molecular weight excluding hydrogens is 360 g/mol. The van der Waals surface area contributed by atoms with Crippen molar-refractivity contribution >= 4 is 17.3 Å². The first-order valence-corrected chi connectivity index (χ1v) is 10.1. The molecule has 1 saturated heterocycles. The first-order valence-electron chi connectivity index (χ1n) is 9.23. The molecule has 2 aromatic rings. The number of nitrogens with zero attached hydrogens (tertiary/aromatic N) is 2. The second-order valence-electron chi connectivity index (χ2n) is 6.33. The Kier molecular flexibility index (Phi) is 7.50. The molecule has 2 N–H and O–H groups in total. The van der Waals surface area contributed by atoms with Crippen LogP contribution in [0, 0.1) is 0 Å². The van der Waals surface area contributed by atoms with Crippen LogP contribution in [0.1, 0.15) is 16.5 Å². The number of hydrogen-bond donors (Lipinski definition) is 2. The number of thiophene rings is 1. The van der Waals surface area contributed by atoms with Crippen molar-refractivity contribution in [1.82, 2.24) is 15.5 Å². The number of benzene rings is 1. The van der Waals surface area contributed by atoms with Crippen molar-refractivity contribution in [3.8, 4) is 5.75 Å². The summed E-state index contributed by atoms with van der Waals surface area (Å²) in [6, 6.07) is 12.7. The molecule has 0 saturated carbocycles. The van der Waals surface area contributed by atoms with E-state index in [2.05, 4.69) is 50.2 Å². The van der Waals surface area contributed by atoms with Crippen molar-refractivity contribution in [2.75, 3.05) is 47.0 Å². The quantitative estimate of drug-likeness (QED) is 0.564. The molecule has 3 rings (SSSR count). The van der Waals surface area contributed by atoms with Crippen LogP contribution in [-0.4, -0.2) is 57.9 Å². The van der Waals surface area contributed by atoms with Gasteiger partial charge >= 0.3 is 0 Å². The summed E-state index contributed by atoms with van der Waals surface area (Å²) < 4.78 is 10.7. The van der Waals surface area contributed by atoms with Gasteiger partial charge in [0.15, 0.2) is 5.96 Å². The summed E-state index contributed by atoms with van der Waals surface area (Å²) in [6.45, 7) is 5.04. The number of aliphatic imine (C=N–C) groups is 1. The zero-order valence-electron chi connectivity index (χ0n) is 16.0. The predicted molar refractivity (Wildman–Crippen MR) is 111 cm³/mol. The van der Waals surface area contributed by atoms with Crippen molar-refractivity contribution in [2.24, 2.45) is 4.99 Å². The summed E-state index contributed by atoms with van der Waals surface area (Å²) in [5.74, 6) is 1.67. The molecule has 1 fully saturated rings. The number of hydrogen-bond acceptors (Lipinski definition) is 5. The fourth-order valence-corrected chi connectivity index (χ4v) is 3.98. The Bertz CT molecular complexity index is 697. The maximum atomic E-state index is 5.51. The molecule has 1 aromatic carbocycles. The Morgan fingerprint density at radius 2 is 2.00 bits per heavy atom. The van der Waals surface area contributed by atoms with Crippen LogP contribution in [0.15, 0.2) is 46.8 Å². The lowest BCUT2D eigenvalue weighted by Crippen LogP contribution is -2.46. The number of rotatable bonds is 7. The summed E-state index contributed by atoms with van der Waals surface area (Å²) in [7, 11) is 3.48. The lowest BCUT2D eigenvalue weighted by molar-refractivity contribution is 0.0177. The average molecular weight is 389 g/mol. The molecule has 27 heavy (non-hydrogen) atoms. The first-order chi connectivity index (χ1) is 13.3. The molecule has 6 nitrogen and oxygen atoms in total. The topological polar surface area (TPSA) is 58.1 Å². The van der Waals surface area contributed by atoms with Crippen LogP contribution in [0.4, 0.5) is 0 Å². The van der Waals surface area contributed by atoms with Gasteiger partial charge in [-0.2, -0.15) is 0 Å². The van der Waals surface area contributed by atoms with Crippen LogP contribution in [0.3, 0.4) is 0 Å². The van der Waals surface area contributed by atoms with Gasteiger partial charge in [-0.15, -0.1) is 11.3 Å². The van der Waals surface area contributed by atoms with Crippen molar-refractivity contribution in [1.29, 1.82) is 0 Å². The van der Waals surface area contributed by atoms with Gasteiger partial charge < -0.3 is 20.1 Å². The predicted octanol–water partition coefficient (Wildman–Crippen LogP) is 2.50. The highest BCUT2D eigenvalue weighted by molar-refractivity contribution is 7.10. The molecule has 7 heteroatoms. The summed E-state index contributed by atoms with van der Waals surface area (Å²) >= 11 is 1.80. The van der Waals surface area contributed by atoms with E-state index in [1.165, 1.54) is 10.4 Å². The second-order valence-corrected chi connectivity index (χ2v) is 7.31. The van der Waals surface area contributed by atoms with Crippen molar-refractivity contribution in [3.05, 3.63) is 52.2 Å². The summed E-state index contributed by atoms with van der Waals surface area (Å²) in [5, 5.41) is 9.01. The highest BCUT2D eigenvalue weighted by atomic mass is 32.1. The van der Waals surface area contributed by atoms with Crippen LogP contribution in [0.2, 0.25) is 0 Å². The molecule has 2 heterocycles. The Hall–Kier alpha value is -2.09. The van der Waals surface area contributed by atoms with Gasteiger partial charge in [-0.3, -0.25) is 9.89 Å². The van der Waals surface area contributed by atoms with Gasteiger partial charge in [-0.25, -0.2) is 0 Å². The molecular formula is C20H28N4O2S. The SMILES string of the molecule is CN=C(NCc1ccc(OC)cc1)NCC(c1cccs1)N1CCOCC1. The molecule has 146 valence electrons. The van der Waals surface area contributed by atoms with Crippen molar-refractivity contribution in [3.63, 3.8) is 0 Å². The van der Waals surface area contributed by atoms with Crippen molar-refractivity contribution < 1.29 is 9.47 Å². The summed E-state index contributed by atoms with van der Waals surface area (Å²) in [6.07, 6.45) is 0. The van der Waals surface area contributed by atoms with Gasteiger partial charge in [0.05, 0.1) is 26.4 Å². The third kappa shape index (κ3) is 5.69. The van der Waals surface area contributed by atoms with Gasteiger partial charge in [0.1, 0.15) is 5.75 Å².